The molecule has 1 aromatic carbocycles. The molecule has 0 saturated heterocycles. The summed E-state index contributed by atoms with van der Waals surface area (Å²) >= 11 is 6.87. The van der Waals surface area contributed by atoms with Crippen LogP contribution in [0.25, 0.3) is 0 Å². The molecule has 0 aliphatic heterocycles. The summed E-state index contributed by atoms with van der Waals surface area (Å²) in [6.45, 7) is 0. The van der Waals surface area contributed by atoms with Gasteiger partial charge in [0.1, 0.15) is 11.9 Å². The van der Waals surface area contributed by atoms with E-state index >= 15 is 0 Å². The first-order valence-electron chi connectivity index (χ1n) is 5.06. The molecule has 0 spiro atoms. The van der Waals surface area contributed by atoms with E-state index in [4.69, 9.17) is 5.11 Å². The van der Waals surface area contributed by atoms with Crippen LogP contribution >= 0.6 is 28.6 Å². The molecule has 0 saturated carbocycles. The predicted molar refractivity (Wildman–Crippen MR) is 71.5 cm³/mol. The van der Waals surface area contributed by atoms with Crippen molar-refractivity contribution in [2.24, 2.45) is 0 Å². The van der Waals surface area contributed by atoms with Gasteiger partial charge in [0.05, 0.1) is 10.0 Å². The lowest BCUT2D eigenvalue weighted by Gasteiger charge is -2.14. The molecule has 18 heavy (non-hydrogen) atoms. The summed E-state index contributed by atoms with van der Waals surface area (Å²) in [6, 6.07) is 2.94. The van der Waals surface area contributed by atoms with Crippen molar-refractivity contribution in [1.29, 1.82) is 0 Å². The Labute approximate surface area is 117 Å². The van der Waals surface area contributed by atoms with Crippen LogP contribution in [0.4, 0.5) is 4.39 Å². The molecule has 0 aliphatic carbocycles. The number of amides is 1. The van der Waals surface area contributed by atoms with E-state index in [0.717, 1.165) is 0 Å². The van der Waals surface area contributed by atoms with Gasteiger partial charge in [0.25, 0.3) is 5.91 Å². The van der Waals surface area contributed by atoms with Crippen molar-refractivity contribution in [3.05, 3.63) is 34.1 Å². The Morgan fingerprint density at radius 1 is 1.50 bits per heavy atom. The fourth-order valence-corrected chi connectivity index (χ4v) is 2.00. The van der Waals surface area contributed by atoms with Gasteiger partial charge in [-0.25, -0.2) is 9.18 Å². The molecule has 0 radical (unpaired) electrons. The Balaban J connectivity index is 2.87. The average molecular weight is 336 g/mol. The molecule has 4 nitrogen and oxygen atoms in total. The van der Waals surface area contributed by atoms with E-state index in [1.165, 1.54) is 18.2 Å². The highest BCUT2D eigenvalue weighted by atomic mass is 79.9. The minimum Gasteiger partial charge on any atom is -0.480 e. The summed E-state index contributed by atoms with van der Waals surface area (Å²) in [6.07, 6.45) is 0.192. The molecular formula is C11H11BrFNO3S. The Morgan fingerprint density at radius 3 is 2.72 bits per heavy atom. The van der Waals surface area contributed by atoms with Crippen LogP contribution in [0.3, 0.4) is 0 Å². The van der Waals surface area contributed by atoms with Crippen molar-refractivity contribution < 1.29 is 19.1 Å². The van der Waals surface area contributed by atoms with E-state index in [9.17, 15) is 14.0 Å². The number of halogens is 2. The third-order valence-corrected chi connectivity index (χ3v) is 3.28. The molecule has 0 bridgehead atoms. The number of benzene rings is 1. The van der Waals surface area contributed by atoms with Crippen LogP contribution < -0.4 is 5.32 Å². The second kappa shape index (κ2) is 6.75. The average Bonchev–Trinajstić information content (AvgIpc) is 2.31. The number of carbonyl (C=O) groups excluding carboxylic acids is 1. The van der Waals surface area contributed by atoms with E-state index in [-0.39, 0.29) is 16.5 Å². The summed E-state index contributed by atoms with van der Waals surface area (Å²) in [7, 11) is 0. The molecule has 0 heterocycles. The number of nitrogens with one attached hydrogen (secondary N) is 1. The van der Waals surface area contributed by atoms with E-state index in [2.05, 4.69) is 33.9 Å². The number of carbonyl (C=O) groups is 2. The minimum atomic E-state index is -1.15. The van der Waals surface area contributed by atoms with E-state index in [0.29, 0.717) is 5.75 Å². The molecule has 1 atom stereocenters. The molecule has 1 aromatic rings. The number of thiol groups is 1. The molecule has 7 heteroatoms. The van der Waals surface area contributed by atoms with Crippen LogP contribution in [0.1, 0.15) is 16.8 Å². The number of carboxylic acid groups (broad SMARTS) is 1. The largest absolute Gasteiger partial charge is 0.480 e. The third kappa shape index (κ3) is 3.71. The molecule has 1 unspecified atom stereocenters. The van der Waals surface area contributed by atoms with Gasteiger partial charge in [0, 0.05) is 0 Å². The van der Waals surface area contributed by atoms with Crippen molar-refractivity contribution in [3.63, 3.8) is 0 Å². The second-order valence-corrected chi connectivity index (χ2v) is 4.72. The van der Waals surface area contributed by atoms with Crippen molar-refractivity contribution in [3.8, 4) is 0 Å². The van der Waals surface area contributed by atoms with Gasteiger partial charge in [0.15, 0.2) is 0 Å². The normalized spacial score (nSPS) is 11.9. The fraction of sp³-hybridized carbons (Fsp3) is 0.273. The van der Waals surface area contributed by atoms with Gasteiger partial charge in [-0.1, -0.05) is 6.07 Å². The lowest BCUT2D eigenvalue weighted by atomic mass is 10.1. The van der Waals surface area contributed by atoms with Crippen molar-refractivity contribution >= 4 is 40.4 Å². The number of rotatable bonds is 5. The standard InChI is InChI=1S/C11H11BrFNO3S/c12-9-6(2-1-3-7(9)13)10(15)14-8(4-5-18)11(16)17/h1-3,8,18H,4-5H2,(H,14,15)(H,16,17). The van der Waals surface area contributed by atoms with Crippen LogP contribution in [0.15, 0.2) is 22.7 Å². The van der Waals surface area contributed by atoms with Gasteiger partial charge in [-0.05, 0) is 40.2 Å². The maximum atomic E-state index is 13.2. The van der Waals surface area contributed by atoms with Gasteiger partial charge >= 0.3 is 5.97 Å². The minimum absolute atomic E-state index is 0.0116. The Hall–Kier alpha value is -1.08. The zero-order valence-corrected chi connectivity index (χ0v) is 11.7. The maximum Gasteiger partial charge on any atom is 0.326 e. The summed E-state index contributed by atoms with van der Waals surface area (Å²) < 4.78 is 13.2. The molecular weight excluding hydrogens is 325 g/mol. The topological polar surface area (TPSA) is 66.4 Å². The van der Waals surface area contributed by atoms with E-state index in [1.54, 1.807) is 0 Å². The SMILES string of the molecule is O=C(NC(CCS)C(=O)O)c1cccc(F)c1Br. The highest BCUT2D eigenvalue weighted by Gasteiger charge is 2.21. The monoisotopic (exact) mass is 335 g/mol. The second-order valence-electron chi connectivity index (χ2n) is 3.48. The quantitative estimate of drug-likeness (QED) is 0.722. The van der Waals surface area contributed by atoms with Crippen LogP contribution in [0.2, 0.25) is 0 Å². The molecule has 0 fully saturated rings. The molecule has 0 aromatic heterocycles. The van der Waals surface area contributed by atoms with Crippen molar-refractivity contribution in [2.45, 2.75) is 12.5 Å². The summed E-state index contributed by atoms with van der Waals surface area (Å²) in [5.41, 5.74) is 0.0559. The highest BCUT2D eigenvalue weighted by Crippen LogP contribution is 2.20. The Kier molecular flexibility index (Phi) is 5.61. The molecule has 1 amide bonds. The van der Waals surface area contributed by atoms with Crippen molar-refractivity contribution in [2.75, 3.05) is 5.75 Å². The van der Waals surface area contributed by atoms with Gasteiger partial charge in [-0.2, -0.15) is 12.6 Å². The summed E-state index contributed by atoms with van der Waals surface area (Å²) in [4.78, 5) is 22.7. The Bertz CT molecular complexity index is 470. The number of hydrogen-bond donors (Lipinski definition) is 3. The molecule has 2 N–H and O–H groups in total. The van der Waals surface area contributed by atoms with Gasteiger partial charge in [-0.3, -0.25) is 4.79 Å². The number of aliphatic carboxylic acids is 1. The van der Waals surface area contributed by atoms with Crippen LogP contribution in [0.5, 0.6) is 0 Å². The fourth-order valence-electron chi connectivity index (χ4n) is 1.30. The summed E-state index contributed by atoms with van der Waals surface area (Å²) in [5.74, 6) is -2.05. The third-order valence-electron chi connectivity index (χ3n) is 2.22. The van der Waals surface area contributed by atoms with Crippen LogP contribution in [-0.4, -0.2) is 28.8 Å². The summed E-state index contributed by atoms with van der Waals surface area (Å²) in [5, 5.41) is 11.2. The predicted octanol–water partition coefficient (Wildman–Crippen LogP) is 2.09. The lowest BCUT2D eigenvalue weighted by molar-refractivity contribution is -0.139. The maximum absolute atomic E-state index is 13.2. The first-order chi connectivity index (χ1) is 8.47. The van der Waals surface area contributed by atoms with E-state index in [1.807, 2.05) is 0 Å². The van der Waals surface area contributed by atoms with Crippen LogP contribution in [-0.2, 0) is 4.79 Å². The smallest absolute Gasteiger partial charge is 0.326 e. The first kappa shape index (κ1) is 15.0. The van der Waals surface area contributed by atoms with Gasteiger partial charge in [0.2, 0.25) is 0 Å². The lowest BCUT2D eigenvalue weighted by Crippen LogP contribution is -2.41. The molecule has 0 aliphatic rings. The van der Waals surface area contributed by atoms with Gasteiger partial charge < -0.3 is 10.4 Å². The number of carboxylic acids is 1. The molecule has 1 rings (SSSR count). The van der Waals surface area contributed by atoms with Crippen molar-refractivity contribution in [1.82, 2.24) is 5.32 Å². The van der Waals surface area contributed by atoms with E-state index < -0.39 is 23.7 Å². The van der Waals surface area contributed by atoms with Crippen LogP contribution in [0, 0.1) is 5.82 Å². The first-order valence-corrected chi connectivity index (χ1v) is 6.48. The highest BCUT2D eigenvalue weighted by molar-refractivity contribution is 9.10. The van der Waals surface area contributed by atoms with Gasteiger partial charge in [-0.15, -0.1) is 0 Å². The zero-order valence-electron chi connectivity index (χ0n) is 9.19. The number of hydrogen-bond acceptors (Lipinski definition) is 3. The molecule has 98 valence electrons. The Morgan fingerprint density at radius 2 is 2.17 bits per heavy atom. The zero-order chi connectivity index (χ0) is 13.7.